The summed E-state index contributed by atoms with van der Waals surface area (Å²) in [5.41, 5.74) is 0.513. The lowest BCUT2D eigenvalue weighted by Crippen LogP contribution is -2.54. The molecule has 0 N–H and O–H groups in total. The van der Waals surface area contributed by atoms with Crippen molar-refractivity contribution in [2.45, 2.75) is 27.2 Å². The molecule has 0 atom stereocenters. The predicted molar refractivity (Wildman–Crippen MR) is 55.3 cm³/mol. The molecule has 0 radical (unpaired) electrons. The molecule has 0 bridgehead atoms. The Kier molecular flexibility index (Phi) is 2.02. The highest BCUT2D eigenvalue weighted by Gasteiger charge is 2.38. The van der Waals surface area contributed by atoms with E-state index in [1.165, 1.54) is 18.0 Å². The Bertz CT molecular complexity index is 302. The minimum atomic E-state index is 0.513. The standard InChI is InChI=1S/C9H15N3S/c1-4-9(3)5-12(6-9)8-10-7(2)11-13-8/h4-6H2,1-3H3. The summed E-state index contributed by atoms with van der Waals surface area (Å²) in [4.78, 5) is 6.68. The van der Waals surface area contributed by atoms with Crippen LogP contribution in [0.25, 0.3) is 0 Å². The van der Waals surface area contributed by atoms with Gasteiger partial charge in [0.1, 0.15) is 5.82 Å². The van der Waals surface area contributed by atoms with Gasteiger partial charge in [0.05, 0.1) is 0 Å². The Balaban J connectivity index is 2.01. The first-order valence-corrected chi connectivity index (χ1v) is 5.45. The van der Waals surface area contributed by atoms with E-state index in [2.05, 4.69) is 28.1 Å². The summed E-state index contributed by atoms with van der Waals surface area (Å²) in [6, 6.07) is 0. The second-order valence-corrected chi connectivity index (χ2v) is 4.87. The summed E-state index contributed by atoms with van der Waals surface area (Å²) in [7, 11) is 0. The molecule has 0 spiro atoms. The van der Waals surface area contributed by atoms with E-state index in [1.807, 2.05) is 6.92 Å². The molecule has 13 heavy (non-hydrogen) atoms. The average Bonchev–Trinajstić information content (AvgIpc) is 2.46. The van der Waals surface area contributed by atoms with Crippen LogP contribution in [0.4, 0.5) is 5.13 Å². The summed E-state index contributed by atoms with van der Waals surface area (Å²) >= 11 is 1.51. The van der Waals surface area contributed by atoms with E-state index < -0.39 is 0 Å². The van der Waals surface area contributed by atoms with Crippen LogP contribution in [0.3, 0.4) is 0 Å². The van der Waals surface area contributed by atoms with Gasteiger partial charge in [-0.05, 0) is 13.3 Å². The molecule has 1 fully saturated rings. The van der Waals surface area contributed by atoms with E-state index in [1.54, 1.807) is 0 Å². The minimum Gasteiger partial charge on any atom is -0.346 e. The first-order valence-electron chi connectivity index (χ1n) is 4.68. The number of aryl methyl sites for hydroxylation is 1. The molecule has 1 saturated heterocycles. The van der Waals surface area contributed by atoms with Gasteiger partial charge in [0.25, 0.3) is 0 Å². The van der Waals surface area contributed by atoms with Gasteiger partial charge in [-0.15, -0.1) is 0 Å². The van der Waals surface area contributed by atoms with Gasteiger partial charge < -0.3 is 4.90 Å². The van der Waals surface area contributed by atoms with Crippen molar-refractivity contribution in [3.05, 3.63) is 5.82 Å². The molecule has 0 amide bonds. The lowest BCUT2D eigenvalue weighted by Gasteiger charge is -2.47. The van der Waals surface area contributed by atoms with Crippen LogP contribution in [0.15, 0.2) is 0 Å². The van der Waals surface area contributed by atoms with Crippen molar-refractivity contribution in [3.8, 4) is 0 Å². The van der Waals surface area contributed by atoms with Crippen LogP contribution < -0.4 is 4.90 Å². The Morgan fingerprint density at radius 1 is 1.54 bits per heavy atom. The molecule has 1 aromatic rings. The lowest BCUT2D eigenvalue weighted by molar-refractivity contribution is 0.233. The smallest absolute Gasteiger partial charge is 0.205 e. The summed E-state index contributed by atoms with van der Waals surface area (Å²) in [5.74, 6) is 0.894. The maximum absolute atomic E-state index is 4.37. The number of hydrogen-bond acceptors (Lipinski definition) is 4. The van der Waals surface area contributed by atoms with Crippen molar-refractivity contribution < 1.29 is 0 Å². The van der Waals surface area contributed by atoms with E-state index in [-0.39, 0.29) is 0 Å². The van der Waals surface area contributed by atoms with Gasteiger partial charge in [-0.3, -0.25) is 0 Å². The van der Waals surface area contributed by atoms with Gasteiger partial charge in [0.2, 0.25) is 5.13 Å². The molecule has 1 aromatic heterocycles. The summed E-state index contributed by atoms with van der Waals surface area (Å²) in [6.45, 7) is 8.80. The van der Waals surface area contributed by atoms with Gasteiger partial charge in [-0.1, -0.05) is 13.8 Å². The molecule has 3 nitrogen and oxygen atoms in total. The Morgan fingerprint density at radius 2 is 2.23 bits per heavy atom. The van der Waals surface area contributed by atoms with E-state index in [4.69, 9.17) is 0 Å². The van der Waals surface area contributed by atoms with Crippen molar-refractivity contribution in [3.63, 3.8) is 0 Å². The van der Waals surface area contributed by atoms with Gasteiger partial charge >= 0.3 is 0 Å². The van der Waals surface area contributed by atoms with Crippen LogP contribution >= 0.6 is 11.5 Å². The summed E-state index contributed by atoms with van der Waals surface area (Å²) in [5, 5.41) is 1.09. The van der Waals surface area contributed by atoms with Crippen LogP contribution in [-0.4, -0.2) is 22.4 Å². The molecule has 0 saturated carbocycles. The Morgan fingerprint density at radius 3 is 2.69 bits per heavy atom. The maximum atomic E-state index is 4.37. The van der Waals surface area contributed by atoms with Gasteiger partial charge in [-0.25, -0.2) is 4.98 Å². The third-order valence-electron chi connectivity index (χ3n) is 2.79. The molecule has 72 valence electrons. The molecule has 4 heteroatoms. The number of nitrogens with zero attached hydrogens (tertiary/aromatic N) is 3. The van der Waals surface area contributed by atoms with Gasteiger partial charge in [-0.2, -0.15) is 4.37 Å². The third kappa shape index (κ3) is 1.55. The predicted octanol–water partition coefficient (Wildman–Crippen LogP) is 2.08. The first-order chi connectivity index (χ1) is 6.13. The lowest BCUT2D eigenvalue weighted by atomic mass is 9.80. The molecule has 0 aromatic carbocycles. The maximum Gasteiger partial charge on any atom is 0.205 e. The quantitative estimate of drug-likeness (QED) is 0.727. The Labute approximate surface area is 83.0 Å². The SMILES string of the molecule is CCC1(C)CN(c2nc(C)ns2)C1. The fourth-order valence-corrected chi connectivity index (χ4v) is 2.32. The second kappa shape index (κ2) is 2.94. The highest BCUT2D eigenvalue weighted by Crippen LogP contribution is 2.36. The van der Waals surface area contributed by atoms with Crippen molar-refractivity contribution in [1.29, 1.82) is 0 Å². The topological polar surface area (TPSA) is 29.0 Å². The number of anilines is 1. The van der Waals surface area contributed by atoms with Gasteiger partial charge in [0.15, 0.2) is 0 Å². The third-order valence-corrected chi connectivity index (χ3v) is 3.65. The highest BCUT2D eigenvalue weighted by molar-refractivity contribution is 7.09. The van der Waals surface area contributed by atoms with Crippen LogP contribution in [-0.2, 0) is 0 Å². The van der Waals surface area contributed by atoms with Crippen molar-refractivity contribution in [1.82, 2.24) is 9.36 Å². The molecule has 2 heterocycles. The molecule has 1 aliphatic heterocycles. The normalized spacial score (nSPS) is 20.1. The van der Waals surface area contributed by atoms with Crippen molar-refractivity contribution >= 4 is 16.7 Å². The van der Waals surface area contributed by atoms with E-state index >= 15 is 0 Å². The van der Waals surface area contributed by atoms with Crippen LogP contribution in [0.1, 0.15) is 26.1 Å². The van der Waals surface area contributed by atoms with Crippen molar-refractivity contribution in [2.75, 3.05) is 18.0 Å². The fourth-order valence-electron chi connectivity index (χ4n) is 1.65. The zero-order chi connectivity index (χ0) is 9.47. The molecule has 0 aliphatic carbocycles. The summed E-state index contributed by atoms with van der Waals surface area (Å²) in [6.07, 6.45) is 1.25. The molecule has 2 rings (SSSR count). The van der Waals surface area contributed by atoms with E-state index in [9.17, 15) is 0 Å². The number of hydrogen-bond donors (Lipinski definition) is 0. The number of rotatable bonds is 2. The average molecular weight is 197 g/mol. The molecular weight excluding hydrogens is 182 g/mol. The summed E-state index contributed by atoms with van der Waals surface area (Å²) < 4.78 is 4.18. The largest absolute Gasteiger partial charge is 0.346 e. The van der Waals surface area contributed by atoms with Crippen LogP contribution in [0.5, 0.6) is 0 Å². The fraction of sp³-hybridized carbons (Fsp3) is 0.778. The molecule has 0 unspecified atom stereocenters. The van der Waals surface area contributed by atoms with Gasteiger partial charge in [0, 0.05) is 30.0 Å². The van der Waals surface area contributed by atoms with E-state index in [0.29, 0.717) is 5.41 Å². The minimum absolute atomic E-state index is 0.513. The first kappa shape index (κ1) is 8.94. The van der Waals surface area contributed by atoms with Crippen LogP contribution in [0.2, 0.25) is 0 Å². The van der Waals surface area contributed by atoms with E-state index in [0.717, 1.165) is 24.0 Å². The zero-order valence-electron chi connectivity index (χ0n) is 8.37. The highest BCUT2D eigenvalue weighted by atomic mass is 32.1. The molecular formula is C9H15N3S. The number of aromatic nitrogens is 2. The molecule has 1 aliphatic rings. The van der Waals surface area contributed by atoms with Crippen molar-refractivity contribution in [2.24, 2.45) is 5.41 Å². The van der Waals surface area contributed by atoms with Crippen LogP contribution in [0, 0.1) is 12.3 Å². The Hall–Kier alpha value is -0.640. The monoisotopic (exact) mass is 197 g/mol. The second-order valence-electron chi connectivity index (χ2n) is 4.14. The zero-order valence-corrected chi connectivity index (χ0v) is 9.19.